The van der Waals surface area contributed by atoms with Crippen molar-refractivity contribution in [2.24, 2.45) is 5.92 Å². The summed E-state index contributed by atoms with van der Waals surface area (Å²) in [5.74, 6) is 0.543. The topological polar surface area (TPSA) is 57.8 Å². The van der Waals surface area contributed by atoms with Crippen LogP contribution in [0.4, 0.5) is 0 Å². The monoisotopic (exact) mass is 195 g/mol. The largest absolute Gasteiger partial charge is 0.356 e. The van der Waals surface area contributed by atoms with Gasteiger partial charge in [0.05, 0.1) is 6.33 Å². The predicted octanol–water partition coefficient (Wildman–Crippen LogP) is 1.11. The Balaban J connectivity index is 2.12. The minimum Gasteiger partial charge on any atom is -0.356 e. The number of nitrogens with zero attached hydrogens (tertiary/aromatic N) is 1. The van der Waals surface area contributed by atoms with Gasteiger partial charge < -0.3 is 10.3 Å². The highest BCUT2D eigenvalue weighted by Gasteiger charge is 2.03. The molecule has 0 radical (unpaired) electrons. The first-order valence-electron chi connectivity index (χ1n) is 4.92. The maximum Gasteiger partial charge on any atom is 0.220 e. The van der Waals surface area contributed by atoms with E-state index in [9.17, 15) is 4.79 Å². The third kappa shape index (κ3) is 4.07. The maximum absolute atomic E-state index is 11.2. The van der Waals surface area contributed by atoms with Crippen LogP contribution in [0.1, 0.15) is 26.0 Å². The molecule has 4 nitrogen and oxygen atoms in total. The molecule has 4 heteroatoms. The van der Waals surface area contributed by atoms with Crippen LogP contribution in [0, 0.1) is 5.92 Å². The molecule has 0 saturated carbocycles. The van der Waals surface area contributed by atoms with Crippen molar-refractivity contribution in [1.29, 1.82) is 0 Å². The first-order chi connectivity index (χ1) is 6.68. The van der Waals surface area contributed by atoms with Gasteiger partial charge in [-0.05, 0) is 5.92 Å². The summed E-state index contributed by atoms with van der Waals surface area (Å²) in [5, 5.41) is 2.87. The van der Waals surface area contributed by atoms with Crippen LogP contribution >= 0.6 is 0 Å². The van der Waals surface area contributed by atoms with Crippen LogP contribution < -0.4 is 5.32 Å². The number of nitrogens with one attached hydrogen (secondary N) is 2. The summed E-state index contributed by atoms with van der Waals surface area (Å²) < 4.78 is 0. The number of hydrogen-bond donors (Lipinski definition) is 2. The molecule has 1 heterocycles. The number of carbonyl (C=O) groups is 1. The molecule has 2 N–H and O–H groups in total. The first-order valence-corrected chi connectivity index (χ1v) is 4.92. The van der Waals surface area contributed by atoms with Crippen molar-refractivity contribution >= 4 is 5.91 Å². The molecule has 1 aromatic rings. The summed E-state index contributed by atoms with van der Waals surface area (Å²) in [6.07, 6.45) is 4.83. The van der Waals surface area contributed by atoms with E-state index in [4.69, 9.17) is 0 Å². The highest BCUT2D eigenvalue weighted by molar-refractivity contribution is 5.75. The van der Waals surface area contributed by atoms with Crippen molar-refractivity contribution in [3.63, 3.8) is 0 Å². The van der Waals surface area contributed by atoms with E-state index in [0.29, 0.717) is 18.9 Å². The van der Waals surface area contributed by atoms with Crippen molar-refractivity contribution < 1.29 is 4.79 Å². The van der Waals surface area contributed by atoms with Crippen LogP contribution in [0.25, 0.3) is 0 Å². The van der Waals surface area contributed by atoms with Gasteiger partial charge in [0.1, 0.15) is 0 Å². The number of aromatic amines is 1. The van der Waals surface area contributed by atoms with Crippen molar-refractivity contribution in [2.75, 3.05) is 6.54 Å². The Hall–Kier alpha value is -1.32. The Morgan fingerprint density at radius 1 is 1.64 bits per heavy atom. The molecule has 0 aromatic carbocycles. The highest BCUT2D eigenvalue weighted by atomic mass is 16.1. The summed E-state index contributed by atoms with van der Waals surface area (Å²) in [7, 11) is 0. The molecular formula is C10H17N3O. The lowest BCUT2D eigenvalue weighted by atomic mass is 10.1. The van der Waals surface area contributed by atoms with Crippen molar-refractivity contribution in [3.8, 4) is 0 Å². The average molecular weight is 195 g/mol. The Bertz CT molecular complexity index is 267. The molecule has 0 aliphatic heterocycles. The smallest absolute Gasteiger partial charge is 0.220 e. The molecule has 0 atom stereocenters. The van der Waals surface area contributed by atoms with Gasteiger partial charge >= 0.3 is 0 Å². The fourth-order valence-electron chi connectivity index (χ4n) is 1.20. The molecule has 0 fully saturated rings. The molecular weight excluding hydrogens is 178 g/mol. The summed E-state index contributed by atoms with van der Waals surface area (Å²) in [5.41, 5.74) is 1.05. The van der Waals surface area contributed by atoms with Gasteiger partial charge in [-0.15, -0.1) is 0 Å². The number of rotatable bonds is 5. The molecule has 14 heavy (non-hydrogen) atoms. The van der Waals surface area contributed by atoms with E-state index in [0.717, 1.165) is 12.1 Å². The first kappa shape index (κ1) is 10.8. The zero-order valence-electron chi connectivity index (χ0n) is 8.71. The zero-order valence-corrected chi connectivity index (χ0v) is 8.71. The second-order valence-electron chi connectivity index (χ2n) is 3.77. The quantitative estimate of drug-likeness (QED) is 0.739. The van der Waals surface area contributed by atoms with Gasteiger partial charge in [0.25, 0.3) is 0 Å². The molecule has 1 rings (SSSR count). The standard InChI is InChI=1S/C10H17N3O/c1-8(2)5-10(14)12-4-3-9-6-11-7-13-9/h6-8H,3-5H2,1-2H3,(H,11,13)(H,12,14). The Kier molecular flexibility index (Phi) is 4.16. The summed E-state index contributed by atoms with van der Waals surface area (Å²) >= 11 is 0. The summed E-state index contributed by atoms with van der Waals surface area (Å²) in [6.45, 7) is 4.75. The van der Waals surface area contributed by atoms with Gasteiger partial charge in [0.15, 0.2) is 0 Å². The van der Waals surface area contributed by atoms with E-state index in [1.165, 1.54) is 0 Å². The second kappa shape index (κ2) is 5.42. The molecule has 0 bridgehead atoms. The highest BCUT2D eigenvalue weighted by Crippen LogP contribution is 1.98. The van der Waals surface area contributed by atoms with E-state index in [2.05, 4.69) is 15.3 Å². The number of amides is 1. The SMILES string of the molecule is CC(C)CC(=O)NCCc1cnc[nH]1. The van der Waals surface area contributed by atoms with Gasteiger partial charge in [-0.2, -0.15) is 0 Å². The fourth-order valence-corrected chi connectivity index (χ4v) is 1.20. The minimum atomic E-state index is 0.125. The lowest BCUT2D eigenvalue weighted by molar-refractivity contribution is -0.121. The molecule has 1 amide bonds. The summed E-state index contributed by atoms with van der Waals surface area (Å²) in [6, 6.07) is 0. The predicted molar refractivity (Wildman–Crippen MR) is 54.8 cm³/mol. The number of imidazole rings is 1. The van der Waals surface area contributed by atoms with E-state index < -0.39 is 0 Å². The van der Waals surface area contributed by atoms with Crippen LogP contribution in [0.15, 0.2) is 12.5 Å². The van der Waals surface area contributed by atoms with Crippen LogP contribution in [-0.4, -0.2) is 22.4 Å². The molecule has 0 saturated heterocycles. The maximum atomic E-state index is 11.2. The lowest BCUT2D eigenvalue weighted by Gasteiger charge is -2.05. The molecule has 0 spiro atoms. The zero-order chi connectivity index (χ0) is 10.4. The molecule has 0 aliphatic carbocycles. The van der Waals surface area contributed by atoms with Gasteiger partial charge in [-0.25, -0.2) is 4.98 Å². The van der Waals surface area contributed by atoms with E-state index in [1.807, 2.05) is 13.8 Å². The molecule has 0 aliphatic rings. The lowest BCUT2D eigenvalue weighted by Crippen LogP contribution is -2.26. The van der Waals surface area contributed by atoms with Crippen LogP contribution in [0.2, 0.25) is 0 Å². The van der Waals surface area contributed by atoms with Crippen molar-refractivity contribution in [2.45, 2.75) is 26.7 Å². The number of carbonyl (C=O) groups excluding carboxylic acids is 1. The van der Waals surface area contributed by atoms with Gasteiger partial charge in [0.2, 0.25) is 5.91 Å². The Morgan fingerprint density at radius 3 is 3.00 bits per heavy atom. The number of aromatic nitrogens is 2. The molecule has 0 unspecified atom stereocenters. The van der Waals surface area contributed by atoms with E-state index in [-0.39, 0.29) is 5.91 Å². The van der Waals surface area contributed by atoms with Crippen molar-refractivity contribution in [3.05, 3.63) is 18.2 Å². The van der Waals surface area contributed by atoms with Gasteiger partial charge in [0, 0.05) is 31.3 Å². The Morgan fingerprint density at radius 2 is 2.43 bits per heavy atom. The number of hydrogen-bond acceptors (Lipinski definition) is 2. The van der Waals surface area contributed by atoms with Gasteiger partial charge in [-0.3, -0.25) is 4.79 Å². The number of H-pyrrole nitrogens is 1. The third-order valence-corrected chi connectivity index (χ3v) is 1.87. The second-order valence-corrected chi connectivity index (χ2v) is 3.77. The Labute approximate surface area is 84.1 Å². The van der Waals surface area contributed by atoms with E-state index >= 15 is 0 Å². The fraction of sp³-hybridized carbons (Fsp3) is 0.600. The van der Waals surface area contributed by atoms with Crippen LogP contribution in [-0.2, 0) is 11.2 Å². The van der Waals surface area contributed by atoms with Gasteiger partial charge in [-0.1, -0.05) is 13.8 Å². The van der Waals surface area contributed by atoms with Crippen LogP contribution in [0.5, 0.6) is 0 Å². The minimum absolute atomic E-state index is 0.125. The molecule has 1 aromatic heterocycles. The van der Waals surface area contributed by atoms with E-state index in [1.54, 1.807) is 12.5 Å². The van der Waals surface area contributed by atoms with Crippen molar-refractivity contribution in [1.82, 2.24) is 15.3 Å². The summed E-state index contributed by atoms with van der Waals surface area (Å²) in [4.78, 5) is 18.1. The third-order valence-electron chi connectivity index (χ3n) is 1.87. The normalized spacial score (nSPS) is 10.5. The van der Waals surface area contributed by atoms with Crippen LogP contribution in [0.3, 0.4) is 0 Å². The average Bonchev–Trinajstić information content (AvgIpc) is 2.55. The molecule has 78 valence electrons.